The molecule has 4 heterocycles. The quantitative estimate of drug-likeness (QED) is 0.196. The van der Waals surface area contributed by atoms with E-state index < -0.39 is 47.7 Å². The van der Waals surface area contributed by atoms with Crippen molar-refractivity contribution in [2.45, 2.75) is 102 Å². The normalized spacial score (nSPS) is 31.7. The van der Waals surface area contributed by atoms with Gasteiger partial charge in [0.25, 0.3) is 0 Å². The number of fused-ring (bicyclic) bond motifs is 2. The SMILES string of the molecule is CCCCCN1C/C=C\CCC(=O)N(C)[C@@H](C)[C@H](c2ccccc2)OC(=O)[C@H]2[C@@H]3O[C@@]4(C=C3Br)[C@@H]2C(=O)N(CCCCCCO)[C@@H]4C1=O. The summed E-state index contributed by atoms with van der Waals surface area (Å²) in [5, 5.41) is 9.26. The van der Waals surface area contributed by atoms with Gasteiger partial charge in [-0.15, -0.1) is 0 Å². The number of carbonyl (C=O) groups is 4. The molecule has 0 radical (unpaired) electrons. The molecule has 0 aromatic heterocycles. The van der Waals surface area contributed by atoms with Crippen LogP contribution in [0.5, 0.6) is 0 Å². The first-order chi connectivity index (χ1) is 23.2. The first-order valence-corrected chi connectivity index (χ1v) is 18.4. The van der Waals surface area contributed by atoms with Crippen molar-refractivity contribution in [2.75, 3.05) is 33.3 Å². The number of aliphatic hydroxyl groups is 1. The van der Waals surface area contributed by atoms with Crippen molar-refractivity contribution in [3.8, 4) is 0 Å². The molecule has 1 aromatic carbocycles. The number of cyclic esters (lactones) is 1. The van der Waals surface area contributed by atoms with Crippen molar-refractivity contribution in [3.05, 3.63) is 58.6 Å². The molecule has 1 spiro atoms. The maximum atomic E-state index is 14.7. The summed E-state index contributed by atoms with van der Waals surface area (Å²) in [7, 11) is 1.72. The number of esters is 1. The predicted octanol–water partition coefficient (Wildman–Crippen LogP) is 4.91. The fraction of sp³-hybridized carbons (Fsp3) is 0.622. The number of unbranched alkanes of at least 4 members (excludes halogenated alkanes) is 5. The lowest BCUT2D eigenvalue weighted by molar-refractivity contribution is -0.164. The summed E-state index contributed by atoms with van der Waals surface area (Å²) >= 11 is 3.64. The van der Waals surface area contributed by atoms with Gasteiger partial charge >= 0.3 is 5.97 Å². The van der Waals surface area contributed by atoms with E-state index >= 15 is 0 Å². The fourth-order valence-corrected chi connectivity index (χ4v) is 8.43. The van der Waals surface area contributed by atoms with Crippen molar-refractivity contribution in [2.24, 2.45) is 11.8 Å². The van der Waals surface area contributed by atoms with Crippen LogP contribution < -0.4 is 0 Å². The highest BCUT2D eigenvalue weighted by Gasteiger charge is 2.74. The Labute approximate surface area is 292 Å². The molecule has 7 atom stereocenters. The second-order valence-corrected chi connectivity index (χ2v) is 14.4. The lowest BCUT2D eigenvalue weighted by Gasteiger charge is -2.36. The Morgan fingerprint density at radius 2 is 1.67 bits per heavy atom. The molecule has 0 unspecified atom stereocenters. The smallest absolute Gasteiger partial charge is 0.313 e. The minimum atomic E-state index is -1.33. The highest BCUT2D eigenvalue weighted by atomic mass is 79.9. The molecule has 0 saturated carbocycles. The number of ether oxygens (including phenoxy) is 2. The molecule has 3 amide bonds. The molecule has 2 saturated heterocycles. The van der Waals surface area contributed by atoms with Crippen LogP contribution in [0, 0.1) is 11.8 Å². The lowest BCUT2D eigenvalue weighted by Crippen LogP contribution is -2.56. The zero-order valence-electron chi connectivity index (χ0n) is 28.4. The Kier molecular flexibility index (Phi) is 12.2. The standard InChI is InChI=1S/C37H50BrN3O7/c1-4-5-13-20-40-21-14-9-12-19-28(43)39(3)25(2)31(26-17-10-8-11-18-26)47-36(46)29-30-34(44)41(22-15-6-7-16-23-42)33(35(40)45)37(30)24-27(38)32(29)48-37/h8-11,14,17-18,24-25,29-33,42H,4-7,12-13,15-16,19-23H2,1-3H3/b14-9-/t25-,29+,30-,31+,32+,33+,37-/m0/s1. The van der Waals surface area contributed by atoms with E-state index in [0.717, 1.165) is 37.7 Å². The van der Waals surface area contributed by atoms with Crippen molar-refractivity contribution >= 4 is 39.6 Å². The monoisotopic (exact) mass is 727 g/mol. The fourth-order valence-electron chi connectivity index (χ4n) is 7.70. The number of allylic oxidation sites excluding steroid dienone is 1. The summed E-state index contributed by atoms with van der Waals surface area (Å²) < 4.78 is 13.6. The van der Waals surface area contributed by atoms with Gasteiger partial charge in [0.15, 0.2) is 0 Å². The number of carbonyl (C=O) groups excluding carboxylic acids is 4. The van der Waals surface area contributed by atoms with Crippen LogP contribution >= 0.6 is 15.9 Å². The van der Waals surface area contributed by atoms with Crippen molar-refractivity contribution in [3.63, 3.8) is 0 Å². The maximum Gasteiger partial charge on any atom is 0.313 e. The van der Waals surface area contributed by atoms with E-state index in [9.17, 15) is 24.3 Å². The average Bonchev–Trinajstić information content (AvgIpc) is 3.68. The summed E-state index contributed by atoms with van der Waals surface area (Å²) in [5.74, 6) is -3.07. The topological polar surface area (TPSA) is 117 Å². The first-order valence-electron chi connectivity index (χ1n) is 17.6. The van der Waals surface area contributed by atoms with Crippen LogP contribution in [0.25, 0.3) is 0 Å². The number of benzene rings is 1. The van der Waals surface area contributed by atoms with Crippen LogP contribution in [0.4, 0.5) is 0 Å². The summed E-state index contributed by atoms with van der Waals surface area (Å²) in [4.78, 5) is 62.1. The van der Waals surface area contributed by atoms with Crippen LogP contribution in [0.15, 0.2) is 53.0 Å². The Morgan fingerprint density at radius 1 is 0.938 bits per heavy atom. The van der Waals surface area contributed by atoms with Gasteiger partial charge in [-0.3, -0.25) is 19.2 Å². The predicted molar refractivity (Wildman–Crippen MR) is 185 cm³/mol. The van der Waals surface area contributed by atoms with Gasteiger partial charge in [0.1, 0.15) is 29.8 Å². The van der Waals surface area contributed by atoms with Gasteiger partial charge in [0.2, 0.25) is 17.7 Å². The number of likely N-dealkylation sites (N-methyl/N-ethyl adjacent to an activating group) is 1. The number of aliphatic hydroxyl groups excluding tert-OH is 1. The molecule has 48 heavy (non-hydrogen) atoms. The lowest BCUT2D eigenvalue weighted by atomic mass is 9.74. The summed E-state index contributed by atoms with van der Waals surface area (Å²) in [6.45, 7) is 5.29. The number of hydrogen-bond donors (Lipinski definition) is 1. The third kappa shape index (κ3) is 7.14. The van der Waals surface area contributed by atoms with Crippen LogP contribution in [0.2, 0.25) is 0 Å². The number of likely N-dealkylation sites (tertiary alicyclic amines) is 1. The number of hydrogen-bond acceptors (Lipinski definition) is 7. The van der Waals surface area contributed by atoms with E-state index in [1.165, 1.54) is 0 Å². The number of nitrogens with zero attached hydrogens (tertiary/aromatic N) is 3. The second kappa shape index (κ2) is 16.1. The van der Waals surface area contributed by atoms with E-state index in [0.29, 0.717) is 43.4 Å². The zero-order valence-corrected chi connectivity index (χ0v) is 30.0. The van der Waals surface area contributed by atoms with Gasteiger partial charge in [-0.25, -0.2) is 0 Å². The van der Waals surface area contributed by atoms with Gasteiger partial charge in [-0.2, -0.15) is 0 Å². The first kappa shape index (κ1) is 36.3. The molecule has 4 aliphatic rings. The molecule has 1 N–H and O–H groups in total. The largest absolute Gasteiger partial charge is 0.455 e. The molecule has 5 rings (SSSR count). The molecule has 0 aliphatic carbocycles. The minimum absolute atomic E-state index is 0.0823. The van der Waals surface area contributed by atoms with E-state index in [4.69, 9.17) is 9.47 Å². The van der Waals surface area contributed by atoms with Crippen LogP contribution in [0.3, 0.4) is 0 Å². The molecule has 1 aromatic rings. The maximum absolute atomic E-state index is 14.7. The Hall–Kier alpha value is -3.02. The Morgan fingerprint density at radius 3 is 2.40 bits per heavy atom. The second-order valence-electron chi connectivity index (χ2n) is 13.5. The summed E-state index contributed by atoms with van der Waals surface area (Å²) in [6.07, 6.45) is 10.6. The van der Waals surface area contributed by atoms with E-state index in [1.54, 1.807) is 21.7 Å². The molecule has 5 bridgehead atoms. The van der Waals surface area contributed by atoms with Crippen LogP contribution in [0.1, 0.15) is 83.3 Å². The van der Waals surface area contributed by atoms with Crippen molar-refractivity contribution in [1.82, 2.24) is 14.7 Å². The van der Waals surface area contributed by atoms with Gasteiger partial charge in [0.05, 0.1) is 12.0 Å². The van der Waals surface area contributed by atoms with Crippen LogP contribution in [-0.2, 0) is 28.7 Å². The minimum Gasteiger partial charge on any atom is -0.455 e. The number of halogens is 1. The molecule has 262 valence electrons. The van der Waals surface area contributed by atoms with E-state index in [1.807, 2.05) is 55.5 Å². The molecule has 2 fully saturated rings. The van der Waals surface area contributed by atoms with E-state index in [2.05, 4.69) is 22.9 Å². The molecular formula is C37H50BrN3O7. The van der Waals surface area contributed by atoms with Crippen molar-refractivity contribution in [1.29, 1.82) is 0 Å². The summed E-state index contributed by atoms with van der Waals surface area (Å²) in [5.41, 5.74) is -0.587. The third-order valence-corrected chi connectivity index (χ3v) is 11.1. The van der Waals surface area contributed by atoms with E-state index in [-0.39, 0.29) is 30.7 Å². The highest BCUT2D eigenvalue weighted by Crippen LogP contribution is 2.59. The van der Waals surface area contributed by atoms with Gasteiger partial charge < -0.3 is 29.3 Å². The number of rotatable bonds is 11. The van der Waals surface area contributed by atoms with Crippen molar-refractivity contribution < 1.29 is 33.8 Å². The molecule has 10 nitrogen and oxygen atoms in total. The highest BCUT2D eigenvalue weighted by molar-refractivity contribution is 9.11. The molecule has 11 heteroatoms. The average molecular weight is 729 g/mol. The molecule has 4 aliphatic heterocycles. The Bertz CT molecular complexity index is 1390. The van der Waals surface area contributed by atoms with Gasteiger partial charge in [-0.05, 0) is 44.2 Å². The van der Waals surface area contributed by atoms with Gasteiger partial charge in [-0.1, -0.05) is 91.0 Å². The third-order valence-electron chi connectivity index (χ3n) is 10.4. The Balaban J connectivity index is 1.57. The zero-order chi connectivity index (χ0) is 34.4. The van der Waals surface area contributed by atoms with Gasteiger partial charge in [0, 0.05) is 44.2 Å². The summed E-state index contributed by atoms with van der Waals surface area (Å²) in [6, 6.07) is 7.91. The van der Waals surface area contributed by atoms with Crippen LogP contribution in [-0.4, -0.2) is 101 Å². The number of amides is 3. The molecular weight excluding hydrogens is 678 g/mol.